The molecule has 2 aromatic rings. The fraction of sp³-hybridized carbons (Fsp3) is 0.519. The van der Waals surface area contributed by atoms with Gasteiger partial charge in [-0.05, 0) is 49.7 Å². The lowest BCUT2D eigenvalue weighted by molar-refractivity contribution is -0.0695. The van der Waals surface area contributed by atoms with Crippen LogP contribution in [0.2, 0.25) is 0 Å². The lowest BCUT2D eigenvalue weighted by Gasteiger charge is -2.46. The molecule has 1 saturated heterocycles. The zero-order valence-electron chi connectivity index (χ0n) is 18.9. The van der Waals surface area contributed by atoms with Gasteiger partial charge < -0.3 is 4.84 Å². The predicted molar refractivity (Wildman–Crippen MR) is 127 cm³/mol. The summed E-state index contributed by atoms with van der Waals surface area (Å²) in [6.07, 6.45) is 7.43. The summed E-state index contributed by atoms with van der Waals surface area (Å²) in [6.45, 7) is 6.93. The highest BCUT2D eigenvalue weighted by Crippen LogP contribution is 2.41. The third-order valence-electron chi connectivity index (χ3n) is 7.75. The molecule has 0 unspecified atom stereocenters. The Kier molecular flexibility index (Phi) is 5.75. The molecule has 0 N–H and O–H groups in total. The van der Waals surface area contributed by atoms with E-state index in [2.05, 4.69) is 89.5 Å². The van der Waals surface area contributed by atoms with Crippen molar-refractivity contribution in [2.24, 2.45) is 17.0 Å². The molecule has 2 aliphatic heterocycles. The maximum Gasteiger partial charge on any atom is 0.218 e. The number of likely N-dealkylation sites (tertiary alicyclic amines) is 1. The first-order chi connectivity index (χ1) is 15.2. The van der Waals surface area contributed by atoms with E-state index in [1.807, 2.05) is 0 Å². The third-order valence-corrected chi connectivity index (χ3v) is 7.75. The second-order valence-corrected chi connectivity index (χ2v) is 9.84. The van der Waals surface area contributed by atoms with Crippen LogP contribution in [0.4, 0.5) is 5.69 Å². The number of amidine groups is 1. The molecule has 164 valence electrons. The van der Waals surface area contributed by atoms with E-state index >= 15 is 0 Å². The number of para-hydroxylation sites is 1. The van der Waals surface area contributed by atoms with Crippen molar-refractivity contribution in [1.82, 2.24) is 4.90 Å². The minimum absolute atomic E-state index is 0.377. The number of hydrogen-bond acceptors (Lipinski definition) is 4. The van der Waals surface area contributed by atoms with Crippen LogP contribution in [-0.2, 0) is 4.84 Å². The molecule has 4 heteroatoms. The molecule has 31 heavy (non-hydrogen) atoms. The van der Waals surface area contributed by atoms with Crippen LogP contribution < -0.4 is 4.90 Å². The number of oxime groups is 1. The van der Waals surface area contributed by atoms with Crippen LogP contribution in [0.15, 0.2) is 65.8 Å². The molecular weight excluding hydrogens is 382 g/mol. The van der Waals surface area contributed by atoms with Gasteiger partial charge in [0, 0.05) is 43.2 Å². The molecule has 5 rings (SSSR count). The van der Waals surface area contributed by atoms with Crippen LogP contribution in [0, 0.1) is 11.8 Å². The normalized spacial score (nSPS) is 26.2. The molecule has 0 amide bonds. The van der Waals surface area contributed by atoms with Crippen LogP contribution >= 0.6 is 0 Å². The maximum absolute atomic E-state index is 6.29. The second kappa shape index (κ2) is 8.66. The van der Waals surface area contributed by atoms with Gasteiger partial charge in [-0.2, -0.15) is 0 Å². The summed E-state index contributed by atoms with van der Waals surface area (Å²) in [5, 5.41) is 4.63. The number of benzene rings is 2. The Morgan fingerprint density at radius 3 is 2.10 bits per heavy atom. The highest BCUT2D eigenvalue weighted by atomic mass is 16.7. The van der Waals surface area contributed by atoms with Gasteiger partial charge in [0.1, 0.15) is 0 Å². The van der Waals surface area contributed by atoms with Gasteiger partial charge in [-0.1, -0.05) is 67.5 Å². The molecule has 2 heterocycles. The minimum Gasteiger partial charge on any atom is -0.365 e. The minimum atomic E-state index is -0.377. The van der Waals surface area contributed by atoms with E-state index in [1.165, 1.54) is 25.7 Å². The first-order valence-electron chi connectivity index (χ1n) is 12.1. The van der Waals surface area contributed by atoms with Crippen LogP contribution in [0.5, 0.6) is 0 Å². The Morgan fingerprint density at radius 1 is 0.871 bits per heavy atom. The average Bonchev–Trinajstić information content (AvgIpc) is 3.19. The summed E-state index contributed by atoms with van der Waals surface area (Å²) in [4.78, 5) is 11.4. The number of nitrogens with zero attached hydrogens (tertiary/aromatic N) is 3. The van der Waals surface area contributed by atoms with E-state index in [1.54, 1.807) is 0 Å². The zero-order valence-corrected chi connectivity index (χ0v) is 18.9. The molecule has 0 bridgehead atoms. The molecule has 2 aromatic carbocycles. The van der Waals surface area contributed by atoms with Crippen LogP contribution in [0.3, 0.4) is 0 Å². The summed E-state index contributed by atoms with van der Waals surface area (Å²) in [6, 6.07) is 21.8. The van der Waals surface area contributed by atoms with E-state index in [9.17, 15) is 0 Å². The van der Waals surface area contributed by atoms with Gasteiger partial charge >= 0.3 is 0 Å². The third kappa shape index (κ3) is 3.98. The van der Waals surface area contributed by atoms with Gasteiger partial charge in [-0.15, -0.1) is 0 Å². The topological polar surface area (TPSA) is 28.1 Å². The maximum atomic E-state index is 6.29. The summed E-state index contributed by atoms with van der Waals surface area (Å²) in [7, 11) is 0. The molecule has 0 atom stereocenters. The monoisotopic (exact) mass is 417 g/mol. The standard InChI is InChI=1S/C27H35N3O/c1-21(2)22-13-15-24(16-14-22)29-19-17-27(18-20-29)30(25-11-7-4-8-12-25)26(28-31-27)23-9-5-3-6-10-23/h3-12,21-22,24H,13-20H2,1-2H3. The lowest BCUT2D eigenvalue weighted by atomic mass is 9.79. The Labute approximate surface area is 186 Å². The Morgan fingerprint density at radius 2 is 1.48 bits per heavy atom. The second-order valence-electron chi connectivity index (χ2n) is 9.84. The lowest BCUT2D eigenvalue weighted by Crippen LogP contribution is -2.57. The van der Waals surface area contributed by atoms with Crippen LogP contribution in [0.1, 0.15) is 57.9 Å². The molecule has 1 aliphatic carbocycles. The fourth-order valence-corrected chi connectivity index (χ4v) is 5.79. The predicted octanol–water partition coefficient (Wildman–Crippen LogP) is 5.89. The Bertz CT molecular complexity index is 879. The van der Waals surface area contributed by atoms with Crippen molar-refractivity contribution in [2.45, 2.75) is 64.1 Å². The van der Waals surface area contributed by atoms with Crippen molar-refractivity contribution in [3.05, 3.63) is 66.2 Å². The van der Waals surface area contributed by atoms with Gasteiger partial charge in [0.2, 0.25) is 5.72 Å². The molecule has 0 aromatic heterocycles. The quantitative estimate of drug-likeness (QED) is 0.621. The average molecular weight is 418 g/mol. The molecule has 4 nitrogen and oxygen atoms in total. The SMILES string of the molecule is CC(C)C1CCC(N2CCC3(CC2)ON=C(c2ccccc2)N3c2ccccc2)CC1. The van der Waals surface area contributed by atoms with E-state index < -0.39 is 0 Å². The van der Waals surface area contributed by atoms with Crippen molar-refractivity contribution >= 4 is 11.5 Å². The summed E-state index contributed by atoms with van der Waals surface area (Å²) in [5.41, 5.74) is 1.89. The zero-order chi connectivity index (χ0) is 21.3. The van der Waals surface area contributed by atoms with E-state index in [-0.39, 0.29) is 5.72 Å². The van der Waals surface area contributed by atoms with Gasteiger partial charge in [0.25, 0.3) is 0 Å². The smallest absolute Gasteiger partial charge is 0.218 e. The van der Waals surface area contributed by atoms with Gasteiger partial charge in [0.05, 0.1) is 0 Å². The number of rotatable bonds is 4. The molecule has 3 aliphatic rings. The van der Waals surface area contributed by atoms with Crippen molar-refractivity contribution in [3.63, 3.8) is 0 Å². The highest BCUT2D eigenvalue weighted by Gasteiger charge is 2.50. The molecule has 2 fully saturated rings. The fourth-order valence-electron chi connectivity index (χ4n) is 5.79. The van der Waals surface area contributed by atoms with Crippen molar-refractivity contribution in [1.29, 1.82) is 0 Å². The summed E-state index contributed by atoms with van der Waals surface area (Å²) in [5.74, 6) is 2.67. The van der Waals surface area contributed by atoms with Crippen molar-refractivity contribution < 1.29 is 4.84 Å². The summed E-state index contributed by atoms with van der Waals surface area (Å²) >= 11 is 0. The molecule has 1 saturated carbocycles. The number of hydrogen-bond donors (Lipinski definition) is 0. The first-order valence-corrected chi connectivity index (χ1v) is 12.1. The number of piperidine rings is 1. The van der Waals surface area contributed by atoms with Crippen molar-refractivity contribution in [3.8, 4) is 0 Å². The van der Waals surface area contributed by atoms with E-state index in [0.29, 0.717) is 0 Å². The highest BCUT2D eigenvalue weighted by molar-refractivity contribution is 6.11. The molecule has 1 spiro atoms. The first kappa shape index (κ1) is 20.6. The Hall–Kier alpha value is -2.33. The molecule has 0 radical (unpaired) electrons. The van der Waals surface area contributed by atoms with Crippen LogP contribution in [-0.4, -0.2) is 35.6 Å². The number of anilines is 1. The van der Waals surface area contributed by atoms with E-state index in [4.69, 9.17) is 4.84 Å². The Balaban J connectivity index is 1.33. The molecular formula is C27H35N3O. The van der Waals surface area contributed by atoms with Crippen LogP contribution in [0.25, 0.3) is 0 Å². The summed E-state index contributed by atoms with van der Waals surface area (Å²) < 4.78 is 0. The van der Waals surface area contributed by atoms with Crippen molar-refractivity contribution in [2.75, 3.05) is 18.0 Å². The van der Waals surface area contributed by atoms with E-state index in [0.717, 1.165) is 60.9 Å². The van der Waals surface area contributed by atoms with Gasteiger partial charge in [0.15, 0.2) is 5.84 Å². The van der Waals surface area contributed by atoms with Gasteiger partial charge in [-0.3, -0.25) is 9.80 Å². The van der Waals surface area contributed by atoms with Gasteiger partial charge in [-0.25, -0.2) is 0 Å². The largest absolute Gasteiger partial charge is 0.365 e.